The minimum Gasteiger partial charge on any atom is -0.192 e. The average molecular weight is 372 g/mol. The molecule has 17 heavy (non-hydrogen) atoms. The molecule has 0 aliphatic heterocycles. The van der Waals surface area contributed by atoms with Gasteiger partial charge in [0.25, 0.3) is 0 Å². The van der Waals surface area contributed by atoms with Gasteiger partial charge in [-0.2, -0.15) is 5.26 Å². The fourth-order valence-electron chi connectivity index (χ4n) is 1.41. The third-order valence-corrected chi connectivity index (χ3v) is 4.41. The molecule has 0 radical (unpaired) electrons. The van der Waals surface area contributed by atoms with Gasteiger partial charge in [-0.15, -0.1) is 11.3 Å². The summed E-state index contributed by atoms with van der Waals surface area (Å²) < 4.78 is 1.15. The number of thiophene rings is 1. The fraction of sp³-hybridized carbons (Fsp3) is 0. The van der Waals surface area contributed by atoms with E-state index >= 15 is 0 Å². The van der Waals surface area contributed by atoms with Crippen LogP contribution in [0, 0.1) is 14.2 Å². The van der Waals surface area contributed by atoms with Gasteiger partial charge in [-0.25, -0.2) is 0 Å². The summed E-state index contributed by atoms with van der Waals surface area (Å²) in [5.74, 6) is 0. The van der Waals surface area contributed by atoms with E-state index in [0.717, 1.165) is 14.0 Å². The number of nitrogens with zero attached hydrogens (tertiary/aromatic N) is 1. The van der Waals surface area contributed by atoms with E-state index in [9.17, 15) is 5.26 Å². The topological polar surface area (TPSA) is 23.8 Å². The van der Waals surface area contributed by atoms with Crippen molar-refractivity contribution in [2.24, 2.45) is 0 Å². The maximum atomic E-state index is 9.23. The van der Waals surface area contributed by atoms with E-state index in [2.05, 4.69) is 28.7 Å². The quantitative estimate of drug-likeness (QED) is 0.539. The average Bonchev–Trinajstić information content (AvgIpc) is 2.78. The van der Waals surface area contributed by atoms with Crippen molar-refractivity contribution in [1.29, 1.82) is 5.26 Å². The molecule has 0 aliphatic carbocycles. The largest absolute Gasteiger partial charge is 0.192 e. The zero-order chi connectivity index (χ0) is 12.3. The van der Waals surface area contributed by atoms with E-state index in [1.165, 1.54) is 0 Å². The second-order valence-electron chi connectivity index (χ2n) is 3.31. The highest BCUT2D eigenvalue weighted by Gasteiger charge is 2.10. The van der Waals surface area contributed by atoms with Gasteiger partial charge in [-0.3, -0.25) is 0 Å². The molecular weight excluding hydrogens is 365 g/mol. The number of nitriles is 1. The highest BCUT2D eigenvalue weighted by molar-refractivity contribution is 14.1. The molecule has 0 N–H and O–H groups in total. The van der Waals surface area contributed by atoms with Gasteiger partial charge in [0.2, 0.25) is 0 Å². The number of halogens is 2. The summed E-state index contributed by atoms with van der Waals surface area (Å²) in [5, 5.41) is 11.7. The van der Waals surface area contributed by atoms with E-state index < -0.39 is 0 Å². The Kier molecular flexibility index (Phi) is 4.21. The summed E-state index contributed by atoms with van der Waals surface area (Å²) in [4.78, 5) is 0. The monoisotopic (exact) mass is 371 g/mol. The Morgan fingerprint density at radius 3 is 2.47 bits per heavy atom. The Balaban J connectivity index is 2.52. The number of hydrogen-bond donors (Lipinski definition) is 0. The molecule has 0 atom stereocenters. The lowest BCUT2D eigenvalue weighted by atomic mass is 10.1. The predicted molar refractivity (Wildman–Crippen MR) is 81.8 cm³/mol. The molecule has 0 bridgehead atoms. The zero-order valence-electron chi connectivity index (χ0n) is 8.65. The number of rotatable bonds is 2. The SMILES string of the molecule is N#CC(=C(Cl)c1csc(I)c1)c1ccccc1. The summed E-state index contributed by atoms with van der Waals surface area (Å²) in [6, 6.07) is 13.6. The standard InChI is InChI=1S/C13H7ClINS/c14-13(10-6-12(15)17-8-10)11(7-16)9-4-2-1-3-5-9/h1-6,8H. The minimum atomic E-state index is 0.512. The molecule has 2 aromatic rings. The van der Waals surface area contributed by atoms with Gasteiger partial charge in [0.15, 0.2) is 0 Å². The lowest BCUT2D eigenvalue weighted by molar-refractivity contribution is 1.52. The highest BCUT2D eigenvalue weighted by atomic mass is 127. The third kappa shape index (κ3) is 2.89. The highest BCUT2D eigenvalue weighted by Crippen LogP contribution is 2.32. The van der Waals surface area contributed by atoms with Crippen molar-refractivity contribution in [3.05, 3.63) is 55.8 Å². The second-order valence-corrected chi connectivity index (χ2v) is 6.49. The van der Waals surface area contributed by atoms with Crippen LogP contribution in [-0.4, -0.2) is 0 Å². The first-order chi connectivity index (χ1) is 8.22. The molecular formula is C13H7ClINS. The van der Waals surface area contributed by atoms with E-state index in [1.54, 1.807) is 11.3 Å². The van der Waals surface area contributed by atoms with Crippen LogP contribution in [0.3, 0.4) is 0 Å². The van der Waals surface area contributed by atoms with Crippen molar-refractivity contribution in [1.82, 2.24) is 0 Å². The molecule has 1 aromatic carbocycles. The molecule has 0 saturated carbocycles. The molecule has 0 aliphatic rings. The summed E-state index contributed by atoms with van der Waals surface area (Å²) in [5.41, 5.74) is 2.27. The van der Waals surface area contributed by atoms with Gasteiger partial charge in [-0.1, -0.05) is 41.9 Å². The lowest BCUT2D eigenvalue weighted by Crippen LogP contribution is -1.84. The molecule has 4 heteroatoms. The van der Waals surface area contributed by atoms with Crippen LogP contribution in [0.1, 0.15) is 11.1 Å². The van der Waals surface area contributed by atoms with E-state index in [1.807, 2.05) is 41.8 Å². The van der Waals surface area contributed by atoms with Crippen LogP contribution in [0.5, 0.6) is 0 Å². The smallest absolute Gasteiger partial charge is 0.101 e. The van der Waals surface area contributed by atoms with Crippen LogP contribution in [0.25, 0.3) is 10.6 Å². The van der Waals surface area contributed by atoms with Crippen molar-refractivity contribution in [3.63, 3.8) is 0 Å². The van der Waals surface area contributed by atoms with Gasteiger partial charge in [0.1, 0.15) is 6.07 Å². The van der Waals surface area contributed by atoms with Crippen LogP contribution in [0.15, 0.2) is 41.8 Å². The van der Waals surface area contributed by atoms with Gasteiger partial charge < -0.3 is 0 Å². The van der Waals surface area contributed by atoms with E-state index in [0.29, 0.717) is 10.6 Å². The van der Waals surface area contributed by atoms with Crippen LogP contribution >= 0.6 is 45.5 Å². The van der Waals surface area contributed by atoms with Gasteiger partial charge >= 0.3 is 0 Å². The zero-order valence-corrected chi connectivity index (χ0v) is 12.4. The first-order valence-electron chi connectivity index (χ1n) is 4.82. The Bertz CT molecular complexity index is 595. The maximum Gasteiger partial charge on any atom is 0.101 e. The molecule has 0 amide bonds. The molecule has 0 unspecified atom stereocenters. The van der Waals surface area contributed by atoms with Crippen molar-refractivity contribution in [2.75, 3.05) is 0 Å². The predicted octanol–water partition coefficient (Wildman–Crippen LogP) is 4.98. The number of hydrogen-bond acceptors (Lipinski definition) is 2. The second kappa shape index (κ2) is 5.67. The van der Waals surface area contributed by atoms with E-state index in [-0.39, 0.29) is 0 Å². The van der Waals surface area contributed by atoms with Crippen molar-refractivity contribution in [2.45, 2.75) is 0 Å². The third-order valence-electron chi connectivity index (χ3n) is 2.21. The normalized spacial score (nSPS) is 11.8. The van der Waals surface area contributed by atoms with Crippen molar-refractivity contribution < 1.29 is 0 Å². The van der Waals surface area contributed by atoms with E-state index in [4.69, 9.17) is 11.6 Å². The lowest BCUT2D eigenvalue weighted by Gasteiger charge is -2.01. The molecule has 0 saturated heterocycles. The van der Waals surface area contributed by atoms with Crippen LogP contribution in [0.2, 0.25) is 0 Å². The molecule has 0 spiro atoms. The van der Waals surface area contributed by atoms with Crippen LogP contribution < -0.4 is 0 Å². The summed E-state index contributed by atoms with van der Waals surface area (Å²) >= 11 is 10.1. The summed E-state index contributed by atoms with van der Waals surface area (Å²) in [6.07, 6.45) is 0. The Morgan fingerprint density at radius 2 is 1.94 bits per heavy atom. The Morgan fingerprint density at radius 1 is 1.24 bits per heavy atom. The molecule has 2 rings (SSSR count). The minimum absolute atomic E-state index is 0.512. The molecule has 84 valence electrons. The van der Waals surface area contributed by atoms with Gasteiger partial charge in [0, 0.05) is 10.9 Å². The maximum absolute atomic E-state index is 9.23. The molecule has 1 aromatic heterocycles. The van der Waals surface area contributed by atoms with Crippen molar-refractivity contribution >= 4 is 56.1 Å². The van der Waals surface area contributed by atoms with Crippen LogP contribution in [0.4, 0.5) is 0 Å². The molecule has 0 fully saturated rings. The van der Waals surface area contributed by atoms with Gasteiger partial charge in [0.05, 0.1) is 13.5 Å². The van der Waals surface area contributed by atoms with Crippen molar-refractivity contribution in [3.8, 4) is 6.07 Å². The Labute approximate surface area is 122 Å². The Hall–Kier alpha value is -0.830. The fourth-order valence-corrected chi connectivity index (χ4v) is 3.08. The summed E-state index contributed by atoms with van der Waals surface area (Å²) in [6.45, 7) is 0. The first kappa shape index (κ1) is 12.6. The number of allylic oxidation sites excluding steroid dienone is 1. The van der Waals surface area contributed by atoms with Crippen LogP contribution in [-0.2, 0) is 0 Å². The molecule has 1 nitrogen and oxygen atoms in total. The van der Waals surface area contributed by atoms with Gasteiger partial charge in [-0.05, 0) is 34.2 Å². The summed E-state index contributed by atoms with van der Waals surface area (Å²) in [7, 11) is 0. The first-order valence-corrected chi connectivity index (χ1v) is 7.15. The molecule has 1 heterocycles. The number of benzene rings is 1.